The van der Waals surface area contributed by atoms with Crippen molar-refractivity contribution >= 4 is 31.9 Å². The van der Waals surface area contributed by atoms with Crippen LogP contribution in [-0.4, -0.2) is 0 Å². The minimum absolute atomic E-state index is 0.298. The summed E-state index contributed by atoms with van der Waals surface area (Å²) in [5.74, 6) is -0.298. The monoisotopic (exact) mass is 281 g/mol. The molecule has 0 fully saturated rings. The molecule has 0 saturated carbocycles. The molecular weight excluding hydrogens is 277 g/mol. The number of rotatable bonds is 1. The van der Waals surface area contributed by atoms with Gasteiger partial charge < -0.3 is 5.73 Å². The zero-order chi connectivity index (χ0) is 8.43. The summed E-state index contributed by atoms with van der Waals surface area (Å²) in [6.07, 6.45) is 0. The van der Waals surface area contributed by atoms with Crippen LogP contribution >= 0.6 is 31.9 Å². The van der Waals surface area contributed by atoms with E-state index in [9.17, 15) is 4.39 Å². The molecule has 0 aliphatic heterocycles. The first-order chi connectivity index (χ1) is 5.16. The lowest BCUT2D eigenvalue weighted by atomic mass is 10.2. The van der Waals surface area contributed by atoms with Crippen molar-refractivity contribution in [2.24, 2.45) is 5.73 Å². The van der Waals surface area contributed by atoms with Crippen LogP contribution < -0.4 is 5.73 Å². The van der Waals surface area contributed by atoms with Crippen molar-refractivity contribution in [2.45, 2.75) is 6.54 Å². The molecule has 11 heavy (non-hydrogen) atoms. The van der Waals surface area contributed by atoms with Gasteiger partial charge in [-0.1, -0.05) is 6.07 Å². The van der Waals surface area contributed by atoms with Gasteiger partial charge in [-0.05, 0) is 43.5 Å². The average Bonchev–Trinajstić information content (AvgIpc) is 2.01. The van der Waals surface area contributed by atoms with Gasteiger partial charge in [0, 0.05) is 6.54 Å². The summed E-state index contributed by atoms with van der Waals surface area (Å²) in [6, 6.07) is 3.42. The molecule has 0 amide bonds. The maximum absolute atomic E-state index is 13.0. The van der Waals surface area contributed by atoms with Crippen LogP contribution in [0.4, 0.5) is 4.39 Å². The quantitative estimate of drug-likeness (QED) is 0.788. The Balaban J connectivity index is 3.25. The Labute approximate surface area is 81.0 Å². The van der Waals surface area contributed by atoms with Crippen LogP contribution in [0.5, 0.6) is 0 Å². The Bertz CT molecular complexity index is 275. The Kier molecular flexibility index (Phi) is 3.04. The summed E-state index contributed by atoms with van der Waals surface area (Å²) in [5.41, 5.74) is 6.13. The van der Waals surface area contributed by atoms with Gasteiger partial charge >= 0.3 is 0 Å². The molecule has 0 spiro atoms. The molecule has 1 rings (SSSR count). The molecule has 4 heteroatoms. The van der Waals surface area contributed by atoms with Gasteiger partial charge in [0.15, 0.2) is 5.82 Å². The summed E-state index contributed by atoms with van der Waals surface area (Å²) in [4.78, 5) is 0. The summed E-state index contributed by atoms with van der Waals surface area (Å²) in [6.45, 7) is 0.338. The van der Waals surface area contributed by atoms with E-state index >= 15 is 0 Å². The maximum Gasteiger partial charge on any atom is 0.151 e. The van der Waals surface area contributed by atoms with Crippen molar-refractivity contribution in [3.8, 4) is 0 Å². The highest BCUT2D eigenvalue weighted by molar-refractivity contribution is 9.11. The van der Waals surface area contributed by atoms with Gasteiger partial charge in [-0.25, -0.2) is 4.39 Å². The van der Waals surface area contributed by atoms with Crippen LogP contribution in [0.3, 0.4) is 0 Å². The topological polar surface area (TPSA) is 26.0 Å². The van der Waals surface area contributed by atoms with E-state index in [4.69, 9.17) is 5.73 Å². The molecule has 0 bridgehead atoms. The molecular formula is C7H6Br2FN. The first-order valence-corrected chi connectivity index (χ1v) is 4.58. The molecule has 0 saturated heterocycles. The molecule has 1 nitrogen and oxygen atoms in total. The third kappa shape index (κ3) is 1.80. The molecule has 0 atom stereocenters. The Morgan fingerprint density at radius 1 is 1.36 bits per heavy atom. The summed E-state index contributed by atoms with van der Waals surface area (Å²) in [7, 11) is 0. The maximum atomic E-state index is 13.0. The number of hydrogen-bond donors (Lipinski definition) is 1. The van der Waals surface area contributed by atoms with Crippen LogP contribution in [0.25, 0.3) is 0 Å². The molecule has 0 aliphatic rings. The second-order valence-corrected chi connectivity index (χ2v) is 3.69. The molecule has 0 unspecified atom stereocenters. The van der Waals surface area contributed by atoms with Crippen molar-refractivity contribution in [2.75, 3.05) is 0 Å². The fourth-order valence-electron chi connectivity index (χ4n) is 0.724. The minimum atomic E-state index is -0.298. The van der Waals surface area contributed by atoms with Crippen molar-refractivity contribution in [1.82, 2.24) is 0 Å². The lowest BCUT2D eigenvalue weighted by molar-refractivity contribution is 0.611. The second kappa shape index (κ2) is 3.65. The highest BCUT2D eigenvalue weighted by atomic mass is 79.9. The van der Waals surface area contributed by atoms with Gasteiger partial charge in [-0.15, -0.1) is 0 Å². The smallest absolute Gasteiger partial charge is 0.151 e. The molecule has 0 heterocycles. The summed E-state index contributed by atoms with van der Waals surface area (Å²) < 4.78 is 13.9. The van der Waals surface area contributed by atoms with Gasteiger partial charge in [0.2, 0.25) is 0 Å². The van der Waals surface area contributed by atoms with Crippen LogP contribution in [0.1, 0.15) is 5.56 Å². The van der Waals surface area contributed by atoms with Crippen molar-refractivity contribution < 1.29 is 4.39 Å². The second-order valence-electron chi connectivity index (χ2n) is 2.04. The average molecular weight is 283 g/mol. The lowest BCUT2D eigenvalue weighted by Gasteiger charge is -2.02. The molecule has 2 N–H and O–H groups in total. The number of nitrogens with two attached hydrogens (primary N) is 1. The van der Waals surface area contributed by atoms with Gasteiger partial charge in [0.25, 0.3) is 0 Å². The van der Waals surface area contributed by atoms with Crippen molar-refractivity contribution in [1.29, 1.82) is 0 Å². The first kappa shape index (κ1) is 9.16. The van der Waals surface area contributed by atoms with Crippen LogP contribution in [-0.2, 0) is 6.54 Å². The molecule has 60 valence electrons. The fraction of sp³-hybridized carbons (Fsp3) is 0.143. The van der Waals surface area contributed by atoms with Crippen LogP contribution in [0.2, 0.25) is 0 Å². The molecule has 0 aliphatic carbocycles. The van der Waals surface area contributed by atoms with Gasteiger partial charge in [-0.3, -0.25) is 0 Å². The third-order valence-electron chi connectivity index (χ3n) is 1.34. The Morgan fingerprint density at radius 3 is 2.55 bits per heavy atom. The number of halogens is 3. The minimum Gasteiger partial charge on any atom is -0.326 e. The SMILES string of the molecule is NCc1ccc(Br)c(F)c1Br. The van der Waals surface area contributed by atoms with Gasteiger partial charge in [0.05, 0.1) is 8.95 Å². The van der Waals surface area contributed by atoms with E-state index in [1.54, 1.807) is 12.1 Å². The lowest BCUT2D eigenvalue weighted by Crippen LogP contribution is -1.98. The van der Waals surface area contributed by atoms with Crippen LogP contribution in [0.15, 0.2) is 21.1 Å². The van der Waals surface area contributed by atoms with E-state index in [0.29, 0.717) is 15.5 Å². The summed E-state index contributed by atoms with van der Waals surface area (Å²) >= 11 is 6.17. The highest BCUT2D eigenvalue weighted by Crippen LogP contribution is 2.26. The van der Waals surface area contributed by atoms with Gasteiger partial charge in [0.1, 0.15) is 0 Å². The molecule has 0 aromatic heterocycles. The van der Waals surface area contributed by atoms with Gasteiger partial charge in [-0.2, -0.15) is 0 Å². The Morgan fingerprint density at radius 2 is 2.00 bits per heavy atom. The molecule has 1 aromatic rings. The van der Waals surface area contributed by atoms with E-state index < -0.39 is 0 Å². The predicted molar refractivity (Wildman–Crippen MR) is 49.7 cm³/mol. The molecule has 0 radical (unpaired) electrons. The Hall–Kier alpha value is 0.0700. The highest BCUT2D eigenvalue weighted by Gasteiger charge is 2.07. The zero-order valence-electron chi connectivity index (χ0n) is 5.57. The van der Waals surface area contributed by atoms with E-state index in [2.05, 4.69) is 31.9 Å². The fourth-order valence-corrected chi connectivity index (χ4v) is 1.83. The largest absolute Gasteiger partial charge is 0.326 e. The van der Waals surface area contributed by atoms with Crippen molar-refractivity contribution in [3.63, 3.8) is 0 Å². The number of benzene rings is 1. The third-order valence-corrected chi connectivity index (χ3v) is 2.80. The van der Waals surface area contributed by atoms with Crippen molar-refractivity contribution in [3.05, 3.63) is 32.5 Å². The van der Waals surface area contributed by atoms with E-state index in [1.807, 2.05) is 0 Å². The first-order valence-electron chi connectivity index (χ1n) is 2.99. The zero-order valence-corrected chi connectivity index (χ0v) is 8.75. The van der Waals surface area contributed by atoms with Crippen LogP contribution in [0, 0.1) is 5.82 Å². The van der Waals surface area contributed by atoms with E-state index in [0.717, 1.165) is 5.56 Å². The van der Waals surface area contributed by atoms with E-state index in [-0.39, 0.29) is 5.82 Å². The molecule has 1 aromatic carbocycles. The predicted octanol–water partition coefficient (Wildman–Crippen LogP) is 2.81. The van der Waals surface area contributed by atoms with E-state index in [1.165, 1.54) is 0 Å². The summed E-state index contributed by atoms with van der Waals surface area (Å²) in [5, 5.41) is 0. The number of hydrogen-bond acceptors (Lipinski definition) is 1. The standard InChI is InChI=1S/C7H6Br2FN/c8-5-2-1-4(3-11)6(9)7(5)10/h1-2H,3,11H2. The normalized spacial score (nSPS) is 10.2.